The van der Waals surface area contributed by atoms with E-state index in [1.165, 1.54) is 44.3 Å². The SMILES string of the molecule is COC(=O)c1ccc2c(=O)n(Cc3ccco3)c(SCC(=O)c3ccc(OC)c(OC)c3)nc2c1. The lowest BCUT2D eigenvalue weighted by Gasteiger charge is -2.13. The lowest BCUT2D eigenvalue weighted by Crippen LogP contribution is -2.24. The molecule has 0 N–H and O–H groups in total. The average molecular weight is 495 g/mol. The van der Waals surface area contributed by atoms with Gasteiger partial charge in [-0.3, -0.25) is 14.2 Å². The Labute approximate surface area is 204 Å². The fraction of sp³-hybridized carbons (Fsp3) is 0.200. The molecule has 4 rings (SSSR count). The Hall–Kier alpha value is -4.05. The van der Waals surface area contributed by atoms with E-state index in [4.69, 9.17) is 18.6 Å². The van der Waals surface area contributed by atoms with Gasteiger partial charge in [0.1, 0.15) is 5.76 Å². The van der Waals surface area contributed by atoms with Crippen molar-refractivity contribution < 1.29 is 28.2 Å². The van der Waals surface area contributed by atoms with Crippen LogP contribution in [0.5, 0.6) is 11.5 Å². The van der Waals surface area contributed by atoms with Gasteiger partial charge in [0.05, 0.1) is 56.4 Å². The molecule has 10 heteroatoms. The van der Waals surface area contributed by atoms with Gasteiger partial charge in [0.25, 0.3) is 5.56 Å². The van der Waals surface area contributed by atoms with Crippen molar-refractivity contribution in [1.82, 2.24) is 9.55 Å². The van der Waals surface area contributed by atoms with E-state index in [1.54, 1.807) is 36.4 Å². The van der Waals surface area contributed by atoms with Crippen molar-refractivity contribution in [3.63, 3.8) is 0 Å². The summed E-state index contributed by atoms with van der Waals surface area (Å²) in [6.45, 7) is 0.139. The normalized spacial score (nSPS) is 10.8. The Bertz CT molecular complexity index is 1440. The van der Waals surface area contributed by atoms with Gasteiger partial charge in [-0.15, -0.1) is 0 Å². The zero-order valence-electron chi connectivity index (χ0n) is 19.3. The number of hydrogen-bond donors (Lipinski definition) is 0. The highest BCUT2D eigenvalue weighted by Gasteiger charge is 2.18. The molecule has 4 aromatic rings. The number of Topliss-reactive ketones (excluding diaryl/α,β-unsaturated/α-hetero) is 1. The lowest BCUT2D eigenvalue weighted by atomic mass is 10.1. The van der Waals surface area contributed by atoms with Crippen LogP contribution >= 0.6 is 11.8 Å². The average Bonchev–Trinajstić information content (AvgIpc) is 3.41. The lowest BCUT2D eigenvalue weighted by molar-refractivity contribution is 0.0600. The van der Waals surface area contributed by atoms with Crippen molar-refractivity contribution in [1.29, 1.82) is 0 Å². The number of nitrogens with zero attached hydrogens (tertiary/aromatic N) is 2. The number of ketones is 1. The van der Waals surface area contributed by atoms with Crippen LogP contribution in [-0.4, -0.2) is 48.4 Å². The summed E-state index contributed by atoms with van der Waals surface area (Å²) >= 11 is 1.12. The van der Waals surface area contributed by atoms with Crippen molar-refractivity contribution >= 4 is 34.4 Å². The Morgan fingerprint density at radius 1 is 1.00 bits per heavy atom. The highest BCUT2D eigenvalue weighted by molar-refractivity contribution is 7.99. The molecular weight excluding hydrogens is 472 g/mol. The highest BCUT2D eigenvalue weighted by atomic mass is 32.2. The maximum Gasteiger partial charge on any atom is 0.337 e. The molecule has 2 heterocycles. The first kappa shape index (κ1) is 24.1. The molecule has 35 heavy (non-hydrogen) atoms. The van der Waals surface area contributed by atoms with E-state index in [9.17, 15) is 14.4 Å². The van der Waals surface area contributed by atoms with Crippen molar-refractivity contribution in [3.05, 3.63) is 82.0 Å². The second-order valence-corrected chi connectivity index (χ2v) is 8.31. The van der Waals surface area contributed by atoms with Crippen LogP contribution in [0.4, 0.5) is 0 Å². The molecular formula is C25H22N2O7S. The molecule has 2 aromatic carbocycles. The zero-order chi connectivity index (χ0) is 24.9. The van der Waals surface area contributed by atoms with Crippen LogP contribution in [0.25, 0.3) is 10.9 Å². The Morgan fingerprint density at radius 2 is 1.77 bits per heavy atom. The number of methoxy groups -OCH3 is 3. The van der Waals surface area contributed by atoms with Gasteiger partial charge in [-0.25, -0.2) is 9.78 Å². The van der Waals surface area contributed by atoms with E-state index < -0.39 is 5.97 Å². The predicted molar refractivity (Wildman–Crippen MR) is 130 cm³/mol. The summed E-state index contributed by atoms with van der Waals surface area (Å²) in [4.78, 5) is 42.8. The summed E-state index contributed by atoms with van der Waals surface area (Å²) in [6.07, 6.45) is 1.52. The molecule has 0 fully saturated rings. The maximum atomic E-state index is 13.3. The van der Waals surface area contributed by atoms with Gasteiger partial charge in [-0.1, -0.05) is 11.8 Å². The largest absolute Gasteiger partial charge is 0.493 e. The number of fused-ring (bicyclic) bond motifs is 1. The van der Waals surface area contributed by atoms with Gasteiger partial charge in [0.15, 0.2) is 22.4 Å². The molecule has 0 atom stereocenters. The van der Waals surface area contributed by atoms with Gasteiger partial charge >= 0.3 is 5.97 Å². The second kappa shape index (κ2) is 10.5. The molecule has 2 aromatic heterocycles. The van der Waals surface area contributed by atoms with Crippen molar-refractivity contribution in [2.75, 3.05) is 27.1 Å². The molecule has 0 saturated heterocycles. The number of rotatable bonds is 9. The molecule has 0 bridgehead atoms. The van der Waals surface area contributed by atoms with E-state index in [2.05, 4.69) is 4.98 Å². The fourth-order valence-electron chi connectivity index (χ4n) is 3.48. The smallest absolute Gasteiger partial charge is 0.337 e. The van der Waals surface area contributed by atoms with Crippen LogP contribution in [-0.2, 0) is 11.3 Å². The van der Waals surface area contributed by atoms with E-state index in [0.29, 0.717) is 38.9 Å². The molecule has 0 amide bonds. The third-order valence-electron chi connectivity index (χ3n) is 5.27. The van der Waals surface area contributed by atoms with Crippen LogP contribution in [0.2, 0.25) is 0 Å². The summed E-state index contributed by atoms with van der Waals surface area (Å²) in [6, 6.07) is 12.9. The van der Waals surface area contributed by atoms with E-state index in [1.807, 2.05) is 0 Å². The molecule has 0 spiro atoms. The Morgan fingerprint density at radius 3 is 2.46 bits per heavy atom. The first-order valence-corrected chi connectivity index (χ1v) is 11.5. The number of hydrogen-bond acceptors (Lipinski definition) is 9. The monoisotopic (exact) mass is 494 g/mol. The maximum absolute atomic E-state index is 13.3. The minimum absolute atomic E-state index is 0.0161. The van der Waals surface area contributed by atoms with Crippen LogP contribution in [0.15, 0.2) is 69.2 Å². The molecule has 0 aliphatic heterocycles. The zero-order valence-corrected chi connectivity index (χ0v) is 20.1. The van der Waals surface area contributed by atoms with E-state index >= 15 is 0 Å². The minimum Gasteiger partial charge on any atom is -0.493 e. The molecule has 0 aliphatic rings. The number of furan rings is 1. The Kier molecular flexibility index (Phi) is 7.21. The molecule has 9 nitrogen and oxygen atoms in total. The summed E-state index contributed by atoms with van der Waals surface area (Å²) in [5.41, 5.74) is 0.718. The number of benzene rings is 2. The first-order chi connectivity index (χ1) is 16.9. The van der Waals surface area contributed by atoms with Crippen molar-refractivity contribution in [3.8, 4) is 11.5 Å². The van der Waals surface area contributed by atoms with Crippen LogP contribution in [0.3, 0.4) is 0 Å². The predicted octanol–water partition coefficient (Wildman–Crippen LogP) is 3.82. The molecule has 0 saturated carbocycles. The van der Waals surface area contributed by atoms with Gasteiger partial charge in [-0.2, -0.15) is 0 Å². The van der Waals surface area contributed by atoms with Crippen LogP contribution < -0.4 is 15.0 Å². The summed E-state index contributed by atoms with van der Waals surface area (Å²) < 4.78 is 22.1. The molecule has 0 aliphatic carbocycles. The molecule has 0 radical (unpaired) electrons. The highest BCUT2D eigenvalue weighted by Crippen LogP contribution is 2.29. The van der Waals surface area contributed by atoms with Crippen molar-refractivity contribution in [2.24, 2.45) is 0 Å². The van der Waals surface area contributed by atoms with Gasteiger partial charge < -0.3 is 18.6 Å². The topological polar surface area (TPSA) is 110 Å². The van der Waals surface area contributed by atoms with E-state index in [-0.39, 0.29) is 29.2 Å². The number of thioether (sulfide) groups is 1. The summed E-state index contributed by atoms with van der Waals surface area (Å²) in [7, 11) is 4.29. The van der Waals surface area contributed by atoms with Gasteiger partial charge in [-0.05, 0) is 48.5 Å². The van der Waals surface area contributed by atoms with Crippen molar-refractivity contribution in [2.45, 2.75) is 11.7 Å². The Balaban J connectivity index is 1.70. The summed E-state index contributed by atoms with van der Waals surface area (Å²) in [5.74, 6) is 0.818. The number of ether oxygens (including phenoxy) is 3. The van der Waals surface area contributed by atoms with E-state index in [0.717, 1.165) is 11.8 Å². The standard InChI is InChI=1S/C25H22N2O7S/c1-31-21-9-7-15(12-22(21)32-2)20(28)14-35-25-26-19-11-16(24(30)33-3)6-8-18(19)23(29)27(25)13-17-5-4-10-34-17/h4-12H,13-14H2,1-3H3. The number of carbonyl (C=O) groups excluding carboxylic acids is 2. The summed E-state index contributed by atoms with van der Waals surface area (Å²) in [5, 5.41) is 0.648. The molecule has 180 valence electrons. The van der Waals surface area contributed by atoms with Crippen LogP contribution in [0.1, 0.15) is 26.5 Å². The second-order valence-electron chi connectivity index (χ2n) is 7.37. The minimum atomic E-state index is -0.536. The number of carbonyl (C=O) groups is 2. The first-order valence-electron chi connectivity index (χ1n) is 10.5. The third-order valence-corrected chi connectivity index (χ3v) is 6.25. The third kappa shape index (κ3) is 5.07. The van der Waals surface area contributed by atoms with Crippen LogP contribution in [0, 0.1) is 0 Å². The quantitative estimate of drug-likeness (QED) is 0.148. The number of esters is 1. The fourth-order valence-corrected chi connectivity index (χ4v) is 4.37. The number of aromatic nitrogens is 2. The van der Waals surface area contributed by atoms with Gasteiger partial charge in [0.2, 0.25) is 0 Å². The van der Waals surface area contributed by atoms with Gasteiger partial charge in [0, 0.05) is 5.56 Å². The molecule has 0 unspecified atom stereocenters.